The number of hydrogen-bond acceptors (Lipinski definition) is 1. The molecule has 0 bridgehead atoms. The van der Waals surface area contributed by atoms with Crippen molar-refractivity contribution in [1.82, 2.24) is 0 Å². The zero-order valence-corrected chi connectivity index (χ0v) is 10.6. The van der Waals surface area contributed by atoms with Gasteiger partial charge in [0.15, 0.2) is 0 Å². The molecule has 0 saturated heterocycles. The summed E-state index contributed by atoms with van der Waals surface area (Å²) in [6.07, 6.45) is 3.08. The Morgan fingerprint density at radius 3 is 2.07 bits per heavy atom. The summed E-state index contributed by atoms with van der Waals surface area (Å²) >= 11 is 0. The standard InChI is InChI=1S/C13H26O/c1-9-7-11(13(3,4)5)8-12(14-6)10(9)2/h9-12H,7-8H2,1-6H3/t9?,10?,11-,12?/m1/s1. The predicted molar refractivity (Wildman–Crippen MR) is 61.3 cm³/mol. The van der Waals surface area contributed by atoms with Crippen molar-refractivity contribution >= 4 is 0 Å². The van der Waals surface area contributed by atoms with Crippen molar-refractivity contribution in [1.29, 1.82) is 0 Å². The van der Waals surface area contributed by atoms with Crippen LogP contribution in [0.1, 0.15) is 47.5 Å². The fourth-order valence-electron chi connectivity index (χ4n) is 2.64. The third-order valence-corrected chi connectivity index (χ3v) is 4.18. The normalized spacial score (nSPS) is 39.9. The van der Waals surface area contributed by atoms with E-state index in [2.05, 4.69) is 34.6 Å². The number of rotatable bonds is 1. The molecule has 0 N–H and O–H groups in total. The Morgan fingerprint density at radius 1 is 1.07 bits per heavy atom. The van der Waals surface area contributed by atoms with Crippen LogP contribution in [0.3, 0.4) is 0 Å². The van der Waals surface area contributed by atoms with Crippen molar-refractivity contribution in [2.24, 2.45) is 23.2 Å². The van der Waals surface area contributed by atoms with E-state index in [1.54, 1.807) is 0 Å². The molecule has 0 heterocycles. The maximum Gasteiger partial charge on any atom is 0.0602 e. The first-order valence-corrected chi connectivity index (χ1v) is 5.89. The number of methoxy groups -OCH3 is 1. The lowest BCUT2D eigenvalue weighted by atomic mass is 9.65. The molecule has 4 atom stereocenters. The summed E-state index contributed by atoms with van der Waals surface area (Å²) in [6, 6.07) is 0. The molecule has 0 aromatic heterocycles. The molecule has 1 heteroatoms. The van der Waals surface area contributed by atoms with E-state index >= 15 is 0 Å². The zero-order valence-electron chi connectivity index (χ0n) is 10.6. The molecule has 1 nitrogen and oxygen atoms in total. The first kappa shape index (κ1) is 12.0. The minimum atomic E-state index is 0.436. The molecule has 0 aromatic rings. The van der Waals surface area contributed by atoms with Crippen LogP contribution in [0.5, 0.6) is 0 Å². The van der Waals surface area contributed by atoms with E-state index in [1.165, 1.54) is 12.8 Å². The van der Waals surface area contributed by atoms with E-state index in [9.17, 15) is 0 Å². The van der Waals surface area contributed by atoms with Crippen molar-refractivity contribution < 1.29 is 4.74 Å². The molecule has 1 rings (SSSR count). The molecular weight excluding hydrogens is 172 g/mol. The van der Waals surface area contributed by atoms with Gasteiger partial charge in [-0.1, -0.05) is 34.6 Å². The molecule has 0 aromatic carbocycles. The van der Waals surface area contributed by atoms with Crippen molar-refractivity contribution in [3.63, 3.8) is 0 Å². The van der Waals surface area contributed by atoms with Crippen LogP contribution >= 0.6 is 0 Å². The lowest BCUT2D eigenvalue weighted by Gasteiger charge is -2.43. The van der Waals surface area contributed by atoms with Gasteiger partial charge in [0.2, 0.25) is 0 Å². The third-order valence-electron chi connectivity index (χ3n) is 4.18. The molecule has 1 saturated carbocycles. The predicted octanol–water partition coefficient (Wildman–Crippen LogP) is 3.73. The van der Waals surface area contributed by atoms with Gasteiger partial charge in [-0.3, -0.25) is 0 Å². The van der Waals surface area contributed by atoms with Crippen molar-refractivity contribution in [3.05, 3.63) is 0 Å². The van der Waals surface area contributed by atoms with E-state index in [-0.39, 0.29) is 0 Å². The largest absolute Gasteiger partial charge is 0.381 e. The van der Waals surface area contributed by atoms with Crippen LogP contribution in [0.15, 0.2) is 0 Å². The highest BCUT2D eigenvalue weighted by molar-refractivity contribution is 4.87. The van der Waals surface area contributed by atoms with Gasteiger partial charge >= 0.3 is 0 Å². The minimum absolute atomic E-state index is 0.436. The maximum absolute atomic E-state index is 5.60. The Morgan fingerprint density at radius 2 is 1.64 bits per heavy atom. The molecule has 84 valence electrons. The number of ether oxygens (including phenoxy) is 1. The van der Waals surface area contributed by atoms with Crippen LogP contribution in [0.4, 0.5) is 0 Å². The van der Waals surface area contributed by atoms with Gasteiger partial charge in [-0.25, -0.2) is 0 Å². The van der Waals surface area contributed by atoms with Gasteiger partial charge in [-0.05, 0) is 36.0 Å². The van der Waals surface area contributed by atoms with E-state index < -0.39 is 0 Å². The van der Waals surface area contributed by atoms with Crippen LogP contribution in [-0.4, -0.2) is 13.2 Å². The molecule has 0 aliphatic heterocycles. The van der Waals surface area contributed by atoms with Crippen LogP contribution in [-0.2, 0) is 4.74 Å². The molecule has 1 aliphatic carbocycles. The topological polar surface area (TPSA) is 9.23 Å². The lowest BCUT2D eigenvalue weighted by molar-refractivity contribution is -0.0361. The van der Waals surface area contributed by atoms with Crippen LogP contribution < -0.4 is 0 Å². The Bertz CT molecular complexity index is 180. The molecule has 1 aliphatic rings. The Kier molecular flexibility index (Phi) is 3.63. The second-order valence-electron chi connectivity index (χ2n) is 6.14. The van der Waals surface area contributed by atoms with Crippen LogP contribution in [0.2, 0.25) is 0 Å². The molecular formula is C13H26O. The van der Waals surface area contributed by atoms with Crippen molar-refractivity contribution in [3.8, 4) is 0 Å². The van der Waals surface area contributed by atoms with Gasteiger partial charge in [0.05, 0.1) is 6.10 Å². The van der Waals surface area contributed by atoms with Crippen LogP contribution in [0.25, 0.3) is 0 Å². The third kappa shape index (κ3) is 2.50. The Labute approximate surface area is 89.2 Å². The number of hydrogen-bond donors (Lipinski definition) is 0. The highest BCUT2D eigenvalue weighted by Crippen LogP contribution is 2.43. The fraction of sp³-hybridized carbons (Fsp3) is 1.00. The Hall–Kier alpha value is -0.0400. The van der Waals surface area contributed by atoms with Gasteiger partial charge in [0.1, 0.15) is 0 Å². The van der Waals surface area contributed by atoms with Crippen LogP contribution in [0, 0.1) is 23.2 Å². The summed E-state index contributed by atoms with van der Waals surface area (Å²) in [5, 5.41) is 0. The van der Waals surface area contributed by atoms with Crippen molar-refractivity contribution in [2.45, 2.75) is 53.6 Å². The monoisotopic (exact) mass is 198 g/mol. The summed E-state index contributed by atoms with van der Waals surface area (Å²) in [4.78, 5) is 0. The molecule has 0 amide bonds. The minimum Gasteiger partial charge on any atom is -0.381 e. The van der Waals surface area contributed by atoms with E-state index in [0.717, 1.165) is 17.8 Å². The molecule has 0 spiro atoms. The van der Waals surface area contributed by atoms with Gasteiger partial charge in [-0.15, -0.1) is 0 Å². The van der Waals surface area contributed by atoms with Gasteiger partial charge < -0.3 is 4.74 Å². The Balaban J connectivity index is 2.68. The average Bonchev–Trinajstić information content (AvgIpc) is 2.07. The maximum atomic E-state index is 5.60. The summed E-state index contributed by atoms with van der Waals surface area (Å²) in [6.45, 7) is 11.8. The summed E-state index contributed by atoms with van der Waals surface area (Å²) < 4.78 is 5.60. The van der Waals surface area contributed by atoms with E-state index in [1.807, 2.05) is 7.11 Å². The molecule has 14 heavy (non-hydrogen) atoms. The van der Waals surface area contributed by atoms with Gasteiger partial charge in [0, 0.05) is 7.11 Å². The SMILES string of the molecule is COC1C[C@H](C(C)(C)C)CC(C)C1C. The highest BCUT2D eigenvalue weighted by Gasteiger charge is 2.37. The summed E-state index contributed by atoms with van der Waals surface area (Å²) in [5.74, 6) is 2.34. The first-order valence-electron chi connectivity index (χ1n) is 5.89. The van der Waals surface area contributed by atoms with Crippen molar-refractivity contribution in [2.75, 3.05) is 7.11 Å². The lowest BCUT2D eigenvalue weighted by Crippen LogP contribution is -2.39. The first-order chi connectivity index (χ1) is 6.36. The zero-order chi connectivity index (χ0) is 10.9. The molecule has 0 radical (unpaired) electrons. The average molecular weight is 198 g/mol. The van der Waals surface area contributed by atoms with Gasteiger partial charge in [0.25, 0.3) is 0 Å². The van der Waals surface area contributed by atoms with Gasteiger partial charge in [-0.2, -0.15) is 0 Å². The van der Waals surface area contributed by atoms with E-state index in [4.69, 9.17) is 4.74 Å². The quantitative estimate of drug-likeness (QED) is 0.624. The summed E-state index contributed by atoms with van der Waals surface area (Å²) in [7, 11) is 1.86. The summed E-state index contributed by atoms with van der Waals surface area (Å²) in [5.41, 5.74) is 0.436. The second kappa shape index (κ2) is 4.22. The smallest absolute Gasteiger partial charge is 0.0602 e. The van der Waals surface area contributed by atoms with E-state index in [0.29, 0.717) is 11.5 Å². The highest BCUT2D eigenvalue weighted by atomic mass is 16.5. The fourth-order valence-corrected chi connectivity index (χ4v) is 2.64. The molecule has 1 fully saturated rings. The second-order valence-corrected chi connectivity index (χ2v) is 6.14. The molecule has 3 unspecified atom stereocenters.